The van der Waals surface area contributed by atoms with Gasteiger partial charge in [-0.1, -0.05) is 98.6 Å². The van der Waals surface area contributed by atoms with Crippen molar-refractivity contribution in [3.8, 4) is 34.2 Å². The van der Waals surface area contributed by atoms with E-state index in [0.717, 1.165) is 47.5 Å². The molecule has 0 aliphatic carbocycles. The fourth-order valence-electron chi connectivity index (χ4n) is 4.12. The minimum Gasteiger partial charge on any atom is -0.481 e. The van der Waals surface area contributed by atoms with Crippen molar-refractivity contribution in [3.63, 3.8) is 0 Å². The molecule has 1 atom stereocenters. The number of carboxylic acid groups (broad SMARTS) is 1. The molecule has 0 radical (unpaired) electrons. The van der Waals surface area contributed by atoms with Gasteiger partial charge in [-0.2, -0.15) is 4.98 Å². The maximum Gasteiger partial charge on any atom is 0.307 e. The monoisotopic (exact) mass is 454 g/mol. The number of rotatable bonds is 11. The Morgan fingerprint density at radius 2 is 1.47 bits per heavy atom. The summed E-state index contributed by atoms with van der Waals surface area (Å²) in [5, 5.41) is 9.51. The van der Waals surface area contributed by atoms with E-state index in [1.807, 2.05) is 83.4 Å². The molecule has 1 unspecified atom stereocenters. The van der Waals surface area contributed by atoms with Crippen molar-refractivity contribution in [1.29, 1.82) is 0 Å². The predicted octanol–water partition coefficient (Wildman–Crippen LogP) is 7.01. The van der Waals surface area contributed by atoms with Crippen LogP contribution in [-0.2, 0) is 4.79 Å². The second-order valence-corrected chi connectivity index (χ2v) is 8.33. The highest BCUT2D eigenvalue weighted by molar-refractivity contribution is 5.81. The first-order chi connectivity index (χ1) is 16.7. The number of nitrogens with zero attached hydrogens (tertiary/aromatic N) is 2. The van der Waals surface area contributed by atoms with E-state index in [0.29, 0.717) is 12.4 Å². The van der Waals surface area contributed by atoms with Gasteiger partial charge in [0.05, 0.1) is 17.8 Å². The number of ether oxygens (including phenoxy) is 1. The fourth-order valence-corrected chi connectivity index (χ4v) is 4.12. The van der Waals surface area contributed by atoms with Crippen LogP contribution < -0.4 is 4.74 Å². The molecule has 0 aliphatic heterocycles. The standard InChI is InChI=1S/C29H30N2O3/c1-2-3-7-20-25(21-26(32)33)34-29-30-27(22-14-8-4-9-15-22)28(23-16-10-5-11-17-23)31(29)24-18-12-6-13-19-24/h4-6,8-19,25H,2-3,7,20-21H2,1H3,(H,32,33). The second kappa shape index (κ2) is 11.3. The molecule has 1 N–H and O–H groups in total. The zero-order valence-electron chi connectivity index (χ0n) is 19.4. The van der Waals surface area contributed by atoms with Crippen molar-refractivity contribution in [3.05, 3.63) is 91.0 Å². The van der Waals surface area contributed by atoms with Gasteiger partial charge in [-0.05, 0) is 25.0 Å². The van der Waals surface area contributed by atoms with Gasteiger partial charge in [-0.15, -0.1) is 0 Å². The third-order valence-corrected chi connectivity index (χ3v) is 5.76. The SMILES string of the molecule is CCCCCC(CC(=O)O)Oc1nc(-c2ccccc2)c(-c2ccccc2)n1-c1ccccc1. The van der Waals surface area contributed by atoms with Gasteiger partial charge in [0.2, 0.25) is 0 Å². The van der Waals surface area contributed by atoms with Gasteiger partial charge >= 0.3 is 12.0 Å². The van der Waals surface area contributed by atoms with Gasteiger partial charge < -0.3 is 9.84 Å². The summed E-state index contributed by atoms with van der Waals surface area (Å²) in [4.78, 5) is 16.6. The van der Waals surface area contributed by atoms with Gasteiger partial charge in [0.15, 0.2) is 0 Å². The summed E-state index contributed by atoms with van der Waals surface area (Å²) >= 11 is 0. The Morgan fingerprint density at radius 3 is 2.06 bits per heavy atom. The third kappa shape index (κ3) is 5.54. The average Bonchev–Trinajstić information content (AvgIpc) is 3.24. The summed E-state index contributed by atoms with van der Waals surface area (Å²) in [6.45, 7) is 2.13. The molecule has 0 saturated carbocycles. The average molecular weight is 455 g/mol. The van der Waals surface area contributed by atoms with E-state index in [1.54, 1.807) is 0 Å². The number of para-hydroxylation sites is 1. The van der Waals surface area contributed by atoms with E-state index in [-0.39, 0.29) is 6.42 Å². The van der Waals surface area contributed by atoms with Crippen LogP contribution in [0.3, 0.4) is 0 Å². The highest BCUT2D eigenvalue weighted by atomic mass is 16.5. The van der Waals surface area contributed by atoms with Gasteiger partial charge in [-0.25, -0.2) is 0 Å². The molecule has 174 valence electrons. The highest BCUT2D eigenvalue weighted by Gasteiger charge is 2.25. The number of carboxylic acids is 1. The van der Waals surface area contributed by atoms with Crippen molar-refractivity contribution >= 4 is 5.97 Å². The van der Waals surface area contributed by atoms with E-state index < -0.39 is 12.1 Å². The molecular formula is C29H30N2O3. The molecule has 0 spiro atoms. The molecule has 4 aromatic rings. The Bertz CT molecular complexity index is 1190. The molecule has 0 fully saturated rings. The lowest BCUT2D eigenvalue weighted by atomic mass is 10.0. The Hall–Kier alpha value is -3.86. The normalized spacial score (nSPS) is 11.8. The zero-order valence-corrected chi connectivity index (χ0v) is 19.4. The number of aromatic nitrogens is 2. The van der Waals surface area contributed by atoms with E-state index in [2.05, 4.69) is 19.1 Å². The van der Waals surface area contributed by atoms with Gasteiger partial charge in [-0.3, -0.25) is 9.36 Å². The molecule has 34 heavy (non-hydrogen) atoms. The summed E-state index contributed by atoms with van der Waals surface area (Å²) in [5.41, 5.74) is 4.60. The largest absolute Gasteiger partial charge is 0.481 e. The summed E-state index contributed by atoms with van der Waals surface area (Å²) in [7, 11) is 0. The highest BCUT2D eigenvalue weighted by Crippen LogP contribution is 2.38. The molecule has 5 heteroatoms. The van der Waals surface area contributed by atoms with E-state index in [4.69, 9.17) is 9.72 Å². The van der Waals surface area contributed by atoms with Crippen LogP contribution in [0.1, 0.15) is 39.0 Å². The lowest BCUT2D eigenvalue weighted by molar-refractivity contribution is -0.139. The van der Waals surface area contributed by atoms with E-state index >= 15 is 0 Å². The molecule has 3 aromatic carbocycles. The van der Waals surface area contributed by atoms with Crippen LogP contribution in [0.15, 0.2) is 91.0 Å². The quantitative estimate of drug-likeness (QED) is 0.248. The molecule has 0 amide bonds. The third-order valence-electron chi connectivity index (χ3n) is 5.76. The van der Waals surface area contributed by atoms with Crippen LogP contribution >= 0.6 is 0 Å². The molecule has 5 nitrogen and oxygen atoms in total. The predicted molar refractivity (Wildman–Crippen MR) is 135 cm³/mol. The van der Waals surface area contributed by atoms with Crippen molar-refractivity contribution in [2.24, 2.45) is 0 Å². The van der Waals surface area contributed by atoms with Crippen LogP contribution in [0.5, 0.6) is 6.01 Å². The summed E-state index contributed by atoms with van der Waals surface area (Å²) in [6, 6.07) is 30.5. The first-order valence-electron chi connectivity index (χ1n) is 11.8. The van der Waals surface area contributed by atoms with E-state index in [1.165, 1.54) is 0 Å². The van der Waals surface area contributed by atoms with Crippen LogP contribution in [-0.4, -0.2) is 26.7 Å². The van der Waals surface area contributed by atoms with Crippen LogP contribution in [0, 0.1) is 0 Å². The Balaban J connectivity index is 1.88. The van der Waals surface area contributed by atoms with Gasteiger partial charge in [0, 0.05) is 11.1 Å². The second-order valence-electron chi connectivity index (χ2n) is 8.33. The molecule has 0 bridgehead atoms. The molecule has 1 heterocycles. The number of hydrogen-bond donors (Lipinski definition) is 1. The minimum absolute atomic E-state index is 0.0628. The Kier molecular flexibility index (Phi) is 7.76. The maximum absolute atomic E-state index is 11.6. The number of hydrogen-bond acceptors (Lipinski definition) is 3. The maximum atomic E-state index is 11.6. The molecular weight excluding hydrogens is 424 g/mol. The number of unbranched alkanes of at least 4 members (excludes halogenated alkanes) is 2. The summed E-state index contributed by atoms with van der Waals surface area (Å²) < 4.78 is 8.40. The van der Waals surface area contributed by atoms with Crippen molar-refractivity contribution < 1.29 is 14.6 Å². The van der Waals surface area contributed by atoms with Gasteiger partial charge in [0.25, 0.3) is 0 Å². The van der Waals surface area contributed by atoms with Crippen LogP contribution in [0.25, 0.3) is 28.2 Å². The number of aliphatic carboxylic acids is 1. The molecule has 0 aliphatic rings. The Morgan fingerprint density at radius 1 is 0.882 bits per heavy atom. The lowest BCUT2D eigenvalue weighted by Crippen LogP contribution is -2.22. The molecule has 0 saturated heterocycles. The van der Waals surface area contributed by atoms with Crippen LogP contribution in [0.2, 0.25) is 0 Å². The number of imidazole rings is 1. The molecule has 4 rings (SSSR count). The lowest BCUT2D eigenvalue weighted by Gasteiger charge is -2.19. The summed E-state index contributed by atoms with van der Waals surface area (Å²) in [6.07, 6.45) is 3.17. The summed E-state index contributed by atoms with van der Waals surface area (Å²) in [5.74, 6) is -0.870. The van der Waals surface area contributed by atoms with Crippen LogP contribution in [0.4, 0.5) is 0 Å². The molecule has 1 aromatic heterocycles. The minimum atomic E-state index is -0.870. The van der Waals surface area contributed by atoms with E-state index in [9.17, 15) is 9.90 Å². The van der Waals surface area contributed by atoms with Crippen molar-refractivity contribution in [1.82, 2.24) is 9.55 Å². The smallest absolute Gasteiger partial charge is 0.307 e. The van der Waals surface area contributed by atoms with Crippen molar-refractivity contribution in [2.75, 3.05) is 0 Å². The number of benzene rings is 3. The first kappa shape index (κ1) is 23.3. The Labute approximate surface area is 200 Å². The van der Waals surface area contributed by atoms with Gasteiger partial charge in [0.1, 0.15) is 11.8 Å². The van der Waals surface area contributed by atoms with Crippen molar-refractivity contribution in [2.45, 2.75) is 45.1 Å². The number of carbonyl (C=O) groups is 1. The topological polar surface area (TPSA) is 64.3 Å². The first-order valence-corrected chi connectivity index (χ1v) is 11.8. The zero-order chi connectivity index (χ0) is 23.8. The fraction of sp³-hybridized carbons (Fsp3) is 0.241.